The number of fused-ring (bicyclic) bond motifs is 1. The lowest BCUT2D eigenvalue weighted by molar-refractivity contribution is -0.119. The number of likely N-dealkylation sites (N-methyl/N-ethyl adjacent to an activating group) is 1. The predicted molar refractivity (Wildman–Crippen MR) is 123 cm³/mol. The Kier molecular flexibility index (Phi) is 7.51. The first kappa shape index (κ1) is 21.2. The summed E-state index contributed by atoms with van der Waals surface area (Å²) in [6.07, 6.45) is 10.3. The molecule has 0 aliphatic heterocycles. The van der Waals surface area contributed by atoms with Crippen molar-refractivity contribution >= 4 is 16.8 Å². The Morgan fingerprint density at radius 1 is 0.966 bits per heavy atom. The molecule has 1 N–H and O–H groups in total. The summed E-state index contributed by atoms with van der Waals surface area (Å²) in [7, 11) is 1.70. The number of aryl methyl sites for hydroxylation is 2. The highest BCUT2D eigenvalue weighted by Gasteiger charge is 2.13. The van der Waals surface area contributed by atoms with Crippen molar-refractivity contribution < 1.29 is 4.79 Å². The molecule has 3 nitrogen and oxygen atoms in total. The standard InChI is InChI=1S/C26H34N2O/c1-4-5-6-7-8-9-15-28-19-23(18-26(29)27-3)24-17-22(13-14-25(24)28)21-12-10-11-20(2)16-21/h10-14,16-17,19H,4-9,15,18H2,1-3H3,(H,27,29). The molecule has 2 aromatic carbocycles. The quantitative estimate of drug-likeness (QED) is 0.407. The van der Waals surface area contributed by atoms with Gasteiger partial charge in [-0.15, -0.1) is 0 Å². The number of aromatic nitrogens is 1. The molecular formula is C26H34N2O. The van der Waals surface area contributed by atoms with E-state index in [0.29, 0.717) is 6.42 Å². The summed E-state index contributed by atoms with van der Waals surface area (Å²) in [5.74, 6) is 0.0598. The first-order valence-corrected chi connectivity index (χ1v) is 11.0. The Bertz CT molecular complexity index is 954. The third-order valence-electron chi connectivity index (χ3n) is 5.70. The van der Waals surface area contributed by atoms with Crippen molar-refractivity contribution in [1.29, 1.82) is 0 Å². The molecule has 0 spiro atoms. The van der Waals surface area contributed by atoms with Crippen LogP contribution in [0.2, 0.25) is 0 Å². The first-order valence-electron chi connectivity index (χ1n) is 11.0. The van der Waals surface area contributed by atoms with Gasteiger partial charge in [0.2, 0.25) is 5.91 Å². The maximum atomic E-state index is 12.1. The highest BCUT2D eigenvalue weighted by Crippen LogP contribution is 2.29. The van der Waals surface area contributed by atoms with Gasteiger partial charge in [-0.3, -0.25) is 4.79 Å². The number of benzene rings is 2. The molecule has 154 valence electrons. The van der Waals surface area contributed by atoms with Gasteiger partial charge in [-0.2, -0.15) is 0 Å². The number of amides is 1. The van der Waals surface area contributed by atoms with Gasteiger partial charge in [0.25, 0.3) is 0 Å². The average molecular weight is 391 g/mol. The molecule has 0 aliphatic rings. The fourth-order valence-electron chi connectivity index (χ4n) is 4.02. The number of unbranched alkanes of at least 4 members (excludes halogenated alkanes) is 5. The van der Waals surface area contributed by atoms with Crippen molar-refractivity contribution in [3.05, 3.63) is 59.8 Å². The minimum absolute atomic E-state index is 0.0598. The molecular weight excluding hydrogens is 356 g/mol. The molecule has 29 heavy (non-hydrogen) atoms. The largest absolute Gasteiger partial charge is 0.359 e. The summed E-state index contributed by atoms with van der Waals surface area (Å²) in [4.78, 5) is 12.1. The third kappa shape index (κ3) is 5.50. The predicted octanol–water partition coefficient (Wildman–Crippen LogP) is 6.27. The van der Waals surface area contributed by atoms with Gasteiger partial charge in [0.05, 0.1) is 6.42 Å². The van der Waals surface area contributed by atoms with Gasteiger partial charge >= 0.3 is 0 Å². The minimum atomic E-state index is 0.0598. The van der Waals surface area contributed by atoms with E-state index < -0.39 is 0 Å². The number of hydrogen-bond acceptors (Lipinski definition) is 1. The average Bonchev–Trinajstić information content (AvgIpc) is 3.07. The zero-order chi connectivity index (χ0) is 20.6. The van der Waals surface area contributed by atoms with E-state index in [2.05, 4.69) is 72.4 Å². The molecule has 0 saturated carbocycles. The third-order valence-corrected chi connectivity index (χ3v) is 5.70. The van der Waals surface area contributed by atoms with E-state index >= 15 is 0 Å². The summed E-state index contributed by atoms with van der Waals surface area (Å²) in [6.45, 7) is 5.39. The van der Waals surface area contributed by atoms with E-state index in [-0.39, 0.29) is 5.91 Å². The molecule has 0 fully saturated rings. The van der Waals surface area contributed by atoms with Gasteiger partial charge in [-0.1, -0.05) is 74.9 Å². The summed E-state index contributed by atoms with van der Waals surface area (Å²) in [5.41, 5.74) is 6.03. The van der Waals surface area contributed by atoms with Gasteiger partial charge < -0.3 is 9.88 Å². The second-order valence-corrected chi connectivity index (χ2v) is 8.07. The number of carbonyl (C=O) groups excluding carboxylic acids is 1. The SMILES string of the molecule is CCCCCCCCn1cc(CC(=O)NC)c2cc(-c3cccc(C)c3)ccc21. The second-order valence-electron chi connectivity index (χ2n) is 8.07. The number of hydrogen-bond donors (Lipinski definition) is 1. The van der Waals surface area contributed by atoms with Crippen LogP contribution in [-0.2, 0) is 17.8 Å². The molecule has 0 bridgehead atoms. The molecule has 1 amide bonds. The fraction of sp³-hybridized carbons (Fsp3) is 0.423. The molecule has 3 rings (SSSR count). The number of rotatable bonds is 10. The maximum absolute atomic E-state index is 12.1. The summed E-state index contributed by atoms with van der Waals surface area (Å²) in [5, 5.41) is 3.96. The number of nitrogens with zero attached hydrogens (tertiary/aromatic N) is 1. The van der Waals surface area contributed by atoms with Crippen LogP contribution in [0.25, 0.3) is 22.0 Å². The summed E-state index contributed by atoms with van der Waals surface area (Å²) < 4.78 is 2.34. The van der Waals surface area contributed by atoms with Crippen LogP contribution in [0.3, 0.4) is 0 Å². The Balaban J connectivity index is 1.86. The zero-order valence-corrected chi connectivity index (χ0v) is 18.1. The maximum Gasteiger partial charge on any atom is 0.224 e. The van der Waals surface area contributed by atoms with Gasteiger partial charge in [0, 0.05) is 30.7 Å². The van der Waals surface area contributed by atoms with E-state index in [1.54, 1.807) is 7.05 Å². The smallest absolute Gasteiger partial charge is 0.224 e. The van der Waals surface area contributed by atoms with Crippen molar-refractivity contribution in [2.75, 3.05) is 7.05 Å². The van der Waals surface area contributed by atoms with E-state index in [0.717, 1.165) is 12.1 Å². The van der Waals surface area contributed by atoms with Crippen LogP contribution in [-0.4, -0.2) is 17.5 Å². The zero-order valence-electron chi connectivity index (χ0n) is 18.1. The normalized spacial score (nSPS) is 11.1. The lowest BCUT2D eigenvalue weighted by Gasteiger charge is -2.07. The number of carbonyl (C=O) groups is 1. The van der Waals surface area contributed by atoms with Crippen molar-refractivity contribution in [3.8, 4) is 11.1 Å². The van der Waals surface area contributed by atoms with Crippen LogP contribution in [0.5, 0.6) is 0 Å². The molecule has 0 unspecified atom stereocenters. The number of nitrogens with one attached hydrogen (secondary N) is 1. The van der Waals surface area contributed by atoms with E-state index in [1.807, 2.05) is 0 Å². The molecule has 0 aliphatic carbocycles. The van der Waals surface area contributed by atoms with Crippen LogP contribution in [0, 0.1) is 6.92 Å². The lowest BCUT2D eigenvalue weighted by Crippen LogP contribution is -2.19. The monoisotopic (exact) mass is 390 g/mol. The van der Waals surface area contributed by atoms with E-state index in [1.165, 1.54) is 66.1 Å². The molecule has 0 atom stereocenters. The summed E-state index contributed by atoms with van der Waals surface area (Å²) in [6, 6.07) is 15.3. The van der Waals surface area contributed by atoms with Gasteiger partial charge in [0.1, 0.15) is 0 Å². The van der Waals surface area contributed by atoms with Crippen LogP contribution in [0.4, 0.5) is 0 Å². The molecule has 0 saturated heterocycles. The topological polar surface area (TPSA) is 34.0 Å². The molecule has 3 aromatic rings. The van der Waals surface area contributed by atoms with E-state index in [4.69, 9.17) is 0 Å². The van der Waals surface area contributed by atoms with Crippen molar-refractivity contribution in [2.24, 2.45) is 0 Å². The van der Waals surface area contributed by atoms with Crippen LogP contribution >= 0.6 is 0 Å². The minimum Gasteiger partial charge on any atom is -0.359 e. The first-order chi connectivity index (χ1) is 14.1. The lowest BCUT2D eigenvalue weighted by atomic mass is 10.0. The van der Waals surface area contributed by atoms with Gasteiger partial charge in [-0.05, 0) is 42.2 Å². The molecule has 1 heterocycles. The molecule has 3 heteroatoms. The molecule has 1 aromatic heterocycles. The van der Waals surface area contributed by atoms with Gasteiger partial charge in [0.15, 0.2) is 0 Å². The Morgan fingerprint density at radius 3 is 2.48 bits per heavy atom. The van der Waals surface area contributed by atoms with Gasteiger partial charge in [-0.25, -0.2) is 0 Å². The second kappa shape index (κ2) is 10.3. The highest BCUT2D eigenvalue weighted by molar-refractivity contribution is 5.92. The highest BCUT2D eigenvalue weighted by atomic mass is 16.1. The van der Waals surface area contributed by atoms with Crippen molar-refractivity contribution in [2.45, 2.75) is 65.3 Å². The Hall–Kier alpha value is -2.55. The Labute approximate surface area is 175 Å². The summed E-state index contributed by atoms with van der Waals surface area (Å²) >= 11 is 0. The van der Waals surface area contributed by atoms with E-state index in [9.17, 15) is 4.79 Å². The van der Waals surface area contributed by atoms with Crippen molar-refractivity contribution in [1.82, 2.24) is 9.88 Å². The molecule has 0 radical (unpaired) electrons. The van der Waals surface area contributed by atoms with Crippen LogP contribution in [0.15, 0.2) is 48.7 Å². The van der Waals surface area contributed by atoms with Crippen LogP contribution in [0.1, 0.15) is 56.6 Å². The van der Waals surface area contributed by atoms with Crippen molar-refractivity contribution in [3.63, 3.8) is 0 Å². The fourth-order valence-corrected chi connectivity index (χ4v) is 4.02. The Morgan fingerprint density at radius 2 is 1.72 bits per heavy atom. The van der Waals surface area contributed by atoms with Crippen LogP contribution < -0.4 is 5.32 Å².